The van der Waals surface area contributed by atoms with Crippen LogP contribution in [-0.4, -0.2) is 30.9 Å². The molecular formula is C9H20N2O. The number of hydrogen-bond acceptors (Lipinski definition) is 2. The zero-order valence-electron chi connectivity index (χ0n) is 8.50. The van der Waals surface area contributed by atoms with Crippen molar-refractivity contribution in [3.05, 3.63) is 0 Å². The third-order valence-corrected chi connectivity index (χ3v) is 2.23. The number of hydrogen-bond donors (Lipinski definition) is 1. The fourth-order valence-corrected chi connectivity index (χ4v) is 1.10. The SMILES string of the molecule is CCN(C)C(=O)C(CN)C(C)C. The topological polar surface area (TPSA) is 46.3 Å². The lowest BCUT2D eigenvalue weighted by atomic mass is 9.95. The van der Waals surface area contributed by atoms with Crippen LogP contribution in [0.2, 0.25) is 0 Å². The third kappa shape index (κ3) is 2.81. The van der Waals surface area contributed by atoms with Crippen LogP contribution in [0.25, 0.3) is 0 Å². The van der Waals surface area contributed by atoms with Crippen LogP contribution in [-0.2, 0) is 4.79 Å². The van der Waals surface area contributed by atoms with Crippen molar-refractivity contribution in [3.63, 3.8) is 0 Å². The Bertz CT molecular complexity index is 145. The molecule has 0 heterocycles. The molecule has 0 aliphatic rings. The van der Waals surface area contributed by atoms with Crippen molar-refractivity contribution in [1.82, 2.24) is 4.90 Å². The van der Waals surface area contributed by atoms with Gasteiger partial charge in [-0.2, -0.15) is 0 Å². The fraction of sp³-hybridized carbons (Fsp3) is 0.889. The Morgan fingerprint density at radius 2 is 2.00 bits per heavy atom. The Hall–Kier alpha value is -0.570. The minimum absolute atomic E-state index is 0.0186. The number of carbonyl (C=O) groups is 1. The Balaban J connectivity index is 4.21. The van der Waals surface area contributed by atoms with E-state index in [2.05, 4.69) is 0 Å². The molecule has 3 nitrogen and oxygen atoms in total. The largest absolute Gasteiger partial charge is 0.346 e. The Morgan fingerprint density at radius 3 is 2.25 bits per heavy atom. The summed E-state index contributed by atoms with van der Waals surface area (Å²) in [6, 6.07) is 0. The molecule has 0 fully saturated rings. The maximum absolute atomic E-state index is 11.6. The second-order valence-corrected chi connectivity index (χ2v) is 3.44. The summed E-state index contributed by atoms with van der Waals surface area (Å²) in [6.07, 6.45) is 0. The maximum Gasteiger partial charge on any atom is 0.226 e. The minimum Gasteiger partial charge on any atom is -0.346 e. The first-order valence-corrected chi connectivity index (χ1v) is 4.49. The van der Waals surface area contributed by atoms with Gasteiger partial charge in [0.1, 0.15) is 0 Å². The molecular weight excluding hydrogens is 152 g/mol. The molecule has 0 saturated heterocycles. The molecule has 0 rings (SSSR count). The lowest BCUT2D eigenvalue weighted by molar-refractivity contribution is -0.135. The molecule has 72 valence electrons. The van der Waals surface area contributed by atoms with Gasteiger partial charge in [-0.1, -0.05) is 13.8 Å². The third-order valence-electron chi connectivity index (χ3n) is 2.23. The van der Waals surface area contributed by atoms with E-state index < -0.39 is 0 Å². The van der Waals surface area contributed by atoms with Gasteiger partial charge in [0.05, 0.1) is 5.92 Å². The van der Waals surface area contributed by atoms with E-state index in [-0.39, 0.29) is 11.8 Å². The number of rotatable bonds is 4. The van der Waals surface area contributed by atoms with E-state index in [0.29, 0.717) is 12.5 Å². The van der Waals surface area contributed by atoms with Crippen LogP contribution in [0.4, 0.5) is 0 Å². The summed E-state index contributed by atoms with van der Waals surface area (Å²) >= 11 is 0. The Labute approximate surface area is 74.9 Å². The van der Waals surface area contributed by atoms with Crippen LogP contribution >= 0.6 is 0 Å². The van der Waals surface area contributed by atoms with Gasteiger partial charge in [0, 0.05) is 20.1 Å². The minimum atomic E-state index is -0.0186. The molecule has 0 aliphatic carbocycles. The first kappa shape index (κ1) is 11.4. The second-order valence-electron chi connectivity index (χ2n) is 3.44. The first-order valence-electron chi connectivity index (χ1n) is 4.49. The molecule has 0 aromatic heterocycles. The highest BCUT2D eigenvalue weighted by atomic mass is 16.2. The van der Waals surface area contributed by atoms with Crippen LogP contribution in [0.15, 0.2) is 0 Å². The predicted molar refractivity (Wildman–Crippen MR) is 50.7 cm³/mol. The summed E-state index contributed by atoms with van der Waals surface area (Å²) in [5, 5.41) is 0. The zero-order chi connectivity index (χ0) is 9.72. The van der Waals surface area contributed by atoms with Crippen molar-refractivity contribution >= 4 is 5.91 Å². The van der Waals surface area contributed by atoms with Gasteiger partial charge in [-0.3, -0.25) is 4.79 Å². The highest BCUT2D eigenvalue weighted by Gasteiger charge is 2.22. The molecule has 0 aromatic rings. The normalized spacial score (nSPS) is 13.2. The summed E-state index contributed by atoms with van der Waals surface area (Å²) in [5.74, 6) is 0.474. The zero-order valence-corrected chi connectivity index (χ0v) is 8.50. The summed E-state index contributed by atoms with van der Waals surface area (Å²) in [4.78, 5) is 13.3. The van der Waals surface area contributed by atoms with Crippen LogP contribution in [0.1, 0.15) is 20.8 Å². The maximum atomic E-state index is 11.6. The Morgan fingerprint density at radius 1 is 1.50 bits per heavy atom. The summed E-state index contributed by atoms with van der Waals surface area (Å²) < 4.78 is 0. The van der Waals surface area contributed by atoms with Gasteiger partial charge >= 0.3 is 0 Å². The van der Waals surface area contributed by atoms with Gasteiger partial charge in [-0.25, -0.2) is 0 Å². The van der Waals surface area contributed by atoms with Crippen molar-refractivity contribution in [2.45, 2.75) is 20.8 Å². The number of nitrogens with zero attached hydrogens (tertiary/aromatic N) is 1. The van der Waals surface area contributed by atoms with Crippen molar-refractivity contribution in [1.29, 1.82) is 0 Å². The highest BCUT2D eigenvalue weighted by molar-refractivity contribution is 5.79. The number of nitrogens with two attached hydrogens (primary N) is 1. The van der Waals surface area contributed by atoms with E-state index in [1.807, 2.05) is 27.8 Å². The highest BCUT2D eigenvalue weighted by Crippen LogP contribution is 2.11. The van der Waals surface area contributed by atoms with Crippen LogP contribution in [0.5, 0.6) is 0 Å². The number of carbonyl (C=O) groups excluding carboxylic acids is 1. The lowest BCUT2D eigenvalue weighted by Gasteiger charge is -2.23. The van der Waals surface area contributed by atoms with Crippen LogP contribution in [0.3, 0.4) is 0 Å². The van der Waals surface area contributed by atoms with Gasteiger partial charge in [0.2, 0.25) is 5.91 Å². The average Bonchev–Trinajstić information content (AvgIpc) is 2.03. The van der Waals surface area contributed by atoms with Crippen molar-refractivity contribution in [2.24, 2.45) is 17.6 Å². The smallest absolute Gasteiger partial charge is 0.226 e. The molecule has 0 saturated carbocycles. The van der Waals surface area contributed by atoms with Crippen molar-refractivity contribution < 1.29 is 4.79 Å². The molecule has 1 unspecified atom stereocenters. The second kappa shape index (κ2) is 5.14. The first-order chi connectivity index (χ1) is 5.54. The molecule has 0 spiro atoms. The molecule has 12 heavy (non-hydrogen) atoms. The summed E-state index contributed by atoms with van der Waals surface area (Å²) in [7, 11) is 1.81. The Kier molecular flexibility index (Phi) is 4.90. The van der Waals surface area contributed by atoms with Gasteiger partial charge < -0.3 is 10.6 Å². The molecule has 1 amide bonds. The van der Waals surface area contributed by atoms with Gasteiger partial charge in [0.15, 0.2) is 0 Å². The average molecular weight is 172 g/mol. The fourth-order valence-electron chi connectivity index (χ4n) is 1.10. The van der Waals surface area contributed by atoms with Gasteiger partial charge in [-0.05, 0) is 12.8 Å². The lowest BCUT2D eigenvalue weighted by Crippen LogP contribution is -2.39. The van der Waals surface area contributed by atoms with Crippen LogP contribution < -0.4 is 5.73 Å². The molecule has 2 N–H and O–H groups in total. The van der Waals surface area contributed by atoms with Crippen molar-refractivity contribution in [3.8, 4) is 0 Å². The van der Waals surface area contributed by atoms with E-state index in [9.17, 15) is 4.79 Å². The molecule has 0 aromatic carbocycles. The van der Waals surface area contributed by atoms with Gasteiger partial charge in [0.25, 0.3) is 0 Å². The molecule has 0 aliphatic heterocycles. The standard InChI is InChI=1S/C9H20N2O/c1-5-11(4)9(12)8(6-10)7(2)3/h7-8H,5-6,10H2,1-4H3. The molecule has 0 radical (unpaired) electrons. The summed E-state index contributed by atoms with van der Waals surface area (Å²) in [6.45, 7) is 7.21. The van der Waals surface area contributed by atoms with E-state index in [0.717, 1.165) is 6.54 Å². The van der Waals surface area contributed by atoms with E-state index in [1.54, 1.807) is 4.90 Å². The monoisotopic (exact) mass is 172 g/mol. The quantitative estimate of drug-likeness (QED) is 0.678. The predicted octanol–water partition coefficient (Wildman–Crippen LogP) is 0.696. The number of amides is 1. The van der Waals surface area contributed by atoms with E-state index in [4.69, 9.17) is 5.73 Å². The molecule has 3 heteroatoms. The molecule has 1 atom stereocenters. The van der Waals surface area contributed by atoms with E-state index >= 15 is 0 Å². The van der Waals surface area contributed by atoms with E-state index in [1.165, 1.54) is 0 Å². The van der Waals surface area contributed by atoms with Crippen LogP contribution in [0, 0.1) is 11.8 Å². The van der Waals surface area contributed by atoms with Gasteiger partial charge in [-0.15, -0.1) is 0 Å². The molecule has 0 bridgehead atoms. The summed E-state index contributed by atoms with van der Waals surface area (Å²) in [5.41, 5.74) is 5.52. The van der Waals surface area contributed by atoms with Crippen molar-refractivity contribution in [2.75, 3.05) is 20.1 Å².